The summed E-state index contributed by atoms with van der Waals surface area (Å²) in [6.07, 6.45) is 1.95. The van der Waals surface area contributed by atoms with Gasteiger partial charge in [-0.05, 0) is 18.6 Å². The lowest BCUT2D eigenvalue weighted by atomic mass is 10.2. The highest BCUT2D eigenvalue weighted by Gasteiger charge is 2.05. The molecule has 0 aliphatic carbocycles. The van der Waals surface area contributed by atoms with E-state index in [0.29, 0.717) is 12.3 Å². The summed E-state index contributed by atoms with van der Waals surface area (Å²) >= 11 is 0. The summed E-state index contributed by atoms with van der Waals surface area (Å²) < 4.78 is 4.77. The van der Waals surface area contributed by atoms with Crippen molar-refractivity contribution in [1.29, 1.82) is 0 Å². The molecule has 13 heavy (non-hydrogen) atoms. The predicted octanol–water partition coefficient (Wildman–Crippen LogP) is 0.613. The van der Waals surface area contributed by atoms with Gasteiger partial charge in [-0.25, -0.2) is 0 Å². The molecule has 0 radical (unpaired) electrons. The molecule has 0 saturated carbocycles. The van der Waals surface area contributed by atoms with Crippen LogP contribution in [0.1, 0.15) is 18.2 Å². The third kappa shape index (κ3) is 2.91. The van der Waals surface area contributed by atoms with Gasteiger partial charge in [0.2, 0.25) is 0 Å². The van der Waals surface area contributed by atoms with Crippen LogP contribution in [0.4, 0.5) is 0 Å². The lowest BCUT2D eigenvalue weighted by Gasteiger charge is -1.98. The summed E-state index contributed by atoms with van der Waals surface area (Å²) in [7, 11) is 0. The van der Waals surface area contributed by atoms with E-state index in [1.807, 2.05) is 0 Å². The molecular weight excluding hydrogens is 170 g/mol. The molecule has 4 nitrogen and oxygen atoms in total. The number of aliphatic hydroxyl groups excluding tert-OH is 1. The Morgan fingerprint density at radius 1 is 1.69 bits per heavy atom. The molecule has 0 saturated heterocycles. The van der Waals surface area contributed by atoms with E-state index in [-0.39, 0.29) is 19.0 Å². The van der Waals surface area contributed by atoms with Crippen molar-refractivity contribution in [3.8, 4) is 0 Å². The van der Waals surface area contributed by atoms with Crippen LogP contribution in [0.3, 0.4) is 0 Å². The molecule has 1 heterocycles. The number of esters is 1. The molecule has 0 aliphatic heterocycles. The normalized spacial score (nSPS) is 10.0. The molecule has 0 unspecified atom stereocenters. The van der Waals surface area contributed by atoms with Crippen LogP contribution in [-0.4, -0.2) is 22.7 Å². The number of hydrogen-bond donors (Lipinski definition) is 2. The minimum Gasteiger partial charge on any atom is -0.466 e. The van der Waals surface area contributed by atoms with Crippen LogP contribution < -0.4 is 0 Å². The molecule has 2 N–H and O–H groups in total. The van der Waals surface area contributed by atoms with Gasteiger partial charge in [-0.15, -0.1) is 0 Å². The maximum atomic E-state index is 11.0. The fourth-order valence-corrected chi connectivity index (χ4v) is 1.06. The highest BCUT2D eigenvalue weighted by molar-refractivity contribution is 5.72. The van der Waals surface area contributed by atoms with E-state index >= 15 is 0 Å². The molecule has 0 aromatic carbocycles. The van der Waals surface area contributed by atoms with Gasteiger partial charge in [0, 0.05) is 11.9 Å². The first-order chi connectivity index (χ1) is 6.26. The van der Waals surface area contributed by atoms with Crippen LogP contribution in [0.15, 0.2) is 12.3 Å². The number of hydrogen-bond acceptors (Lipinski definition) is 3. The van der Waals surface area contributed by atoms with Gasteiger partial charge in [0.15, 0.2) is 0 Å². The van der Waals surface area contributed by atoms with E-state index in [9.17, 15) is 4.79 Å². The maximum absolute atomic E-state index is 11.0. The fraction of sp³-hybridized carbons (Fsp3) is 0.444. The molecule has 1 rings (SSSR count). The molecule has 0 atom stereocenters. The zero-order valence-electron chi connectivity index (χ0n) is 7.54. The Morgan fingerprint density at radius 3 is 3.00 bits per heavy atom. The quantitative estimate of drug-likeness (QED) is 0.672. The molecule has 0 aliphatic rings. The number of aliphatic hydroxyl groups is 1. The second-order valence-electron chi connectivity index (χ2n) is 2.67. The summed E-state index contributed by atoms with van der Waals surface area (Å²) in [6, 6.07) is 1.75. The van der Waals surface area contributed by atoms with Crippen molar-refractivity contribution in [2.75, 3.05) is 6.61 Å². The van der Waals surface area contributed by atoms with Gasteiger partial charge in [-0.3, -0.25) is 4.79 Å². The zero-order chi connectivity index (χ0) is 9.68. The smallest absolute Gasteiger partial charge is 0.310 e. The van der Waals surface area contributed by atoms with Crippen LogP contribution in [0.25, 0.3) is 0 Å². The van der Waals surface area contributed by atoms with Crippen molar-refractivity contribution in [1.82, 2.24) is 4.98 Å². The molecular formula is C9H13NO3. The Morgan fingerprint density at radius 2 is 2.46 bits per heavy atom. The molecule has 4 heteroatoms. The number of aromatic amines is 1. The lowest BCUT2D eigenvalue weighted by Crippen LogP contribution is -2.06. The summed E-state index contributed by atoms with van der Waals surface area (Å²) in [4.78, 5) is 13.9. The number of rotatable bonds is 4. The standard InChI is InChI=1S/C9H13NO3/c1-2-13-9(12)4-7-3-8(6-11)10-5-7/h3,5,10-11H,2,4,6H2,1H3. The third-order valence-corrected chi connectivity index (χ3v) is 1.63. The number of aromatic nitrogens is 1. The van der Waals surface area contributed by atoms with Gasteiger partial charge in [0.1, 0.15) is 0 Å². The first-order valence-electron chi connectivity index (χ1n) is 4.19. The molecule has 0 amide bonds. The number of H-pyrrole nitrogens is 1. The number of nitrogens with one attached hydrogen (secondary N) is 1. The van der Waals surface area contributed by atoms with Gasteiger partial charge >= 0.3 is 5.97 Å². The van der Waals surface area contributed by atoms with E-state index in [1.54, 1.807) is 19.2 Å². The minimum atomic E-state index is -0.244. The monoisotopic (exact) mass is 183 g/mol. The average molecular weight is 183 g/mol. The SMILES string of the molecule is CCOC(=O)Cc1c[nH]c(CO)c1. The predicted molar refractivity (Wildman–Crippen MR) is 47.1 cm³/mol. The largest absolute Gasteiger partial charge is 0.466 e. The van der Waals surface area contributed by atoms with Crippen LogP contribution in [-0.2, 0) is 22.6 Å². The molecule has 72 valence electrons. The molecule has 0 bridgehead atoms. The van der Waals surface area contributed by atoms with Crippen molar-refractivity contribution in [2.24, 2.45) is 0 Å². The second-order valence-corrected chi connectivity index (χ2v) is 2.67. The van der Waals surface area contributed by atoms with Gasteiger partial charge in [0.25, 0.3) is 0 Å². The molecule has 1 aromatic heterocycles. The highest BCUT2D eigenvalue weighted by atomic mass is 16.5. The van der Waals surface area contributed by atoms with Gasteiger partial charge < -0.3 is 14.8 Å². The molecule has 0 spiro atoms. The van der Waals surface area contributed by atoms with Gasteiger partial charge in [-0.2, -0.15) is 0 Å². The minimum absolute atomic E-state index is 0.0389. The Balaban J connectivity index is 2.49. The first-order valence-corrected chi connectivity index (χ1v) is 4.19. The topological polar surface area (TPSA) is 62.3 Å². The summed E-state index contributed by atoms with van der Waals surface area (Å²) in [5, 5.41) is 8.74. The third-order valence-electron chi connectivity index (χ3n) is 1.63. The van der Waals surface area contributed by atoms with Crippen molar-refractivity contribution in [3.63, 3.8) is 0 Å². The Labute approximate surface area is 76.5 Å². The van der Waals surface area contributed by atoms with E-state index in [2.05, 4.69) is 4.98 Å². The fourth-order valence-electron chi connectivity index (χ4n) is 1.06. The van der Waals surface area contributed by atoms with Crippen LogP contribution in [0.5, 0.6) is 0 Å². The van der Waals surface area contributed by atoms with Crippen molar-refractivity contribution in [3.05, 3.63) is 23.5 Å². The Kier molecular flexibility index (Phi) is 3.52. The van der Waals surface area contributed by atoms with Crippen LogP contribution >= 0.6 is 0 Å². The highest BCUT2D eigenvalue weighted by Crippen LogP contribution is 2.04. The first kappa shape index (κ1) is 9.80. The maximum Gasteiger partial charge on any atom is 0.310 e. The molecule has 1 aromatic rings. The average Bonchev–Trinajstić information content (AvgIpc) is 2.52. The van der Waals surface area contributed by atoms with Crippen molar-refractivity contribution >= 4 is 5.97 Å². The summed E-state index contributed by atoms with van der Waals surface area (Å²) in [5.74, 6) is -0.244. The van der Waals surface area contributed by atoms with E-state index in [0.717, 1.165) is 5.56 Å². The van der Waals surface area contributed by atoms with E-state index in [1.165, 1.54) is 0 Å². The number of ether oxygens (including phenoxy) is 1. The molecule has 0 fully saturated rings. The van der Waals surface area contributed by atoms with Crippen molar-refractivity contribution in [2.45, 2.75) is 20.0 Å². The number of carbonyl (C=O) groups excluding carboxylic acids is 1. The number of carbonyl (C=O) groups is 1. The lowest BCUT2D eigenvalue weighted by molar-refractivity contribution is -0.142. The van der Waals surface area contributed by atoms with E-state index < -0.39 is 0 Å². The van der Waals surface area contributed by atoms with E-state index in [4.69, 9.17) is 9.84 Å². The second kappa shape index (κ2) is 4.67. The Hall–Kier alpha value is -1.29. The van der Waals surface area contributed by atoms with Crippen molar-refractivity contribution < 1.29 is 14.6 Å². The summed E-state index contributed by atoms with van der Waals surface area (Å²) in [6.45, 7) is 2.13. The zero-order valence-corrected chi connectivity index (χ0v) is 7.54. The summed E-state index contributed by atoms with van der Waals surface area (Å²) in [5.41, 5.74) is 1.54. The van der Waals surface area contributed by atoms with Gasteiger partial charge in [-0.1, -0.05) is 0 Å². The Bertz CT molecular complexity index is 280. The van der Waals surface area contributed by atoms with Crippen LogP contribution in [0.2, 0.25) is 0 Å². The van der Waals surface area contributed by atoms with Gasteiger partial charge in [0.05, 0.1) is 19.6 Å². The van der Waals surface area contributed by atoms with Crippen LogP contribution in [0, 0.1) is 0 Å².